The van der Waals surface area contributed by atoms with Gasteiger partial charge in [0.1, 0.15) is 17.5 Å². The van der Waals surface area contributed by atoms with Gasteiger partial charge in [0.2, 0.25) is 0 Å². The first-order valence-electron chi connectivity index (χ1n) is 10.6. The lowest BCUT2D eigenvalue weighted by Gasteiger charge is -2.24. The van der Waals surface area contributed by atoms with Gasteiger partial charge >= 0.3 is 0 Å². The molecule has 2 aromatic carbocycles. The summed E-state index contributed by atoms with van der Waals surface area (Å²) >= 11 is 0. The number of aryl methyl sites for hydroxylation is 3. The molecule has 3 heterocycles. The third-order valence-corrected chi connectivity index (χ3v) is 6.00. The number of nitrogens with zero attached hydrogens (tertiary/aromatic N) is 5. The summed E-state index contributed by atoms with van der Waals surface area (Å²) in [5.41, 5.74) is 3.75. The van der Waals surface area contributed by atoms with Crippen LogP contribution in [0.15, 0.2) is 54.6 Å². The van der Waals surface area contributed by atoms with Crippen LogP contribution in [-0.2, 0) is 20.0 Å². The minimum atomic E-state index is -0.303. The van der Waals surface area contributed by atoms with E-state index in [-0.39, 0.29) is 11.7 Å². The molecule has 0 spiro atoms. The van der Waals surface area contributed by atoms with E-state index in [1.807, 2.05) is 25.1 Å². The van der Waals surface area contributed by atoms with E-state index in [0.29, 0.717) is 11.6 Å². The molecule has 4 aromatic rings. The summed E-state index contributed by atoms with van der Waals surface area (Å²) < 4.78 is 17.0. The highest BCUT2D eigenvalue weighted by Gasteiger charge is 2.23. The number of benzene rings is 2. The fourth-order valence-electron chi connectivity index (χ4n) is 4.27. The molecule has 2 aromatic heterocycles. The predicted octanol–water partition coefficient (Wildman–Crippen LogP) is 4.11. The Labute approximate surface area is 184 Å². The van der Waals surface area contributed by atoms with Gasteiger partial charge in [-0.25, -0.2) is 4.39 Å². The van der Waals surface area contributed by atoms with E-state index in [0.717, 1.165) is 48.0 Å². The minimum Gasteiger partial charge on any atom is -0.321 e. The van der Waals surface area contributed by atoms with Crippen LogP contribution < -0.4 is 5.32 Å². The van der Waals surface area contributed by atoms with Crippen LogP contribution in [0.3, 0.4) is 0 Å². The van der Waals surface area contributed by atoms with Crippen molar-refractivity contribution in [2.24, 2.45) is 7.05 Å². The van der Waals surface area contributed by atoms with Gasteiger partial charge in [0.25, 0.3) is 5.91 Å². The molecule has 0 unspecified atom stereocenters. The fourth-order valence-corrected chi connectivity index (χ4v) is 4.27. The first-order chi connectivity index (χ1) is 15.5. The second kappa shape index (κ2) is 8.03. The van der Waals surface area contributed by atoms with Gasteiger partial charge in [0.15, 0.2) is 5.69 Å². The molecule has 1 atom stereocenters. The van der Waals surface area contributed by atoms with Gasteiger partial charge < -0.3 is 9.88 Å². The molecule has 162 valence electrons. The van der Waals surface area contributed by atoms with E-state index in [1.54, 1.807) is 29.9 Å². The molecule has 8 heteroatoms. The van der Waals surface area contributed by atoms with Crippen LogP contribution in [-0.4, -0.2) is 30.5 Å². The zero-order valence-corrected chi connectivity index (χ0v) is 17.9. The number of halogens is 1. The molecular weight excluding hydrogens is 407 g/mol. The second-order valence-electron chi connectivity index (χ2n) is 8.13. The number of anilines is 1. The van der Waals surface area contributed by atoms with Crippen molar-refractivity contribution in [1.82, 2.24) is 24.5 Å². The number of hydrogen-bond donors (Lipinski definition) is 1. The van der Waals surface area contributed by atoms with Crippen molar-refractivity contribution < 1.29 is 9.18 Å². The van der Waals surface area contributed by atoms with E-state index in [9.17, 15) is 9.18 Å². The molecule has 1 N–H and O–H groups in total. The maximum absolute atomic E-state index is 13.2. The van der Waals surface area contributed by atoms with Gasteiger partial charge in [-0.2, -0.15) is 5.10 Å². The van der Waals surface area contributed by atoms with Crippen LogP contribution in [0.2, 0.25) is 0 Å². The second-order valence-corrected chi connectivity index (χ2v) is 8.13. The van der Waals surface area contributed by atoms with Crippen LogP contribution in [0.4, 0.5) is 10.1 Å². The first-order valence-corrected chi connectivity index (χ1v) is 10.6. The summed E-state index contributed by atoms with van der Waals surface area (Å²) in [6.45, 7) is 2.81. The number of amides is 1. The van der Waals surface area contributed by atoms with Crippen LogP contribution in [0.1, 0.15) is 40.0 Å². The van der Waals surface area contributed by atoms with Gasteiger partial charge in [-0.3, -0.25) is 9.48 Å². The molecule has 1 aliphatic rings. The zero-order valence-electron chi connectivity index (χ0n) is 17.9. The third-order valence-electron chi connectivity index (χ3n) is 6.00. The van der Waals surface area contributed by atoms with Crippen molar-refractivity contribution in [2.75, 3.05) is 5.32 Å². The number of rotatable bonds is 4. The topological polar surface area (TPSA) is 77.6 Å². The Kier molecular flexibility index (Phi) is 5.05. The van der Waals surface area contributed by atoms with Crippen molar-refractivity contribution >= 4 is 11.6 Å². The van der Waals surface area contributed by atoms with E-state index in [4.69, 9.17) is 0 Å². The average Bonchev–Trinajstić information content (AvgIpc) is 3.37. The molecule has 7 nitrogen and oxygen atoms in total. The Morgan fingerprint density at radius 2 is 1.94 bits per heavy atom. The Balaban J connectivity index is 1.33. The Bertz CT molecular complexity index is 1290. The van der Waals surface area contributed by atoms with E-state index in [2.05, 4.69) is 31.2 Å². The average molecular weight is 430 g/mol. The zero-order chi connectivity index (χ0) is 22.2. The number of carbonyl (C=O) groups is 1. The molecule has 0 fully saturated rings. The van der Waals surface area contributed by atoms with Crippen LogP contribution in [0.25, 0.3) is 11.3 Å². The van der Waals surface area contributed by atoms with Crippen LogP contribution in [0.5, 0.6) is 0 Å². The molecule has 5 rings (SSSR count). The lowest BCUT2D eigenvalue weighted by atomic mass is 9.91. The molecule has 1 aliphatic heterocycles. The van der Waals surface area contributed by atoms with Crippen molar-refractivity contribution in [3.8, 4) is 11.3 Å². The fraction of sp³-hybridized carbons (Fsp3) is 0.250. The first kappa shape index (κ1) is 20.1. The summed E-state index contributed by atoms with van der Waals surface area (Å²) in [7, 11) is 1.76. The highest BCUT2D eigenvalue weighted by Crippen LogP contribution is 2.30. The highest BCUT2D eigenvalue weighted by atomic mass is 19.1. The quantitative estimate of drug-likeness (QED) is 0.529. The monoisotopic (exact) mass is 430 g/mol. The van der Waals surface area contributed by atoms with Crippen molar-refractivity contribution in [3.63, 3.8) is 0 Å². The summed E-state index contributed by atoms with van der Waals surface area (Å²) in [6, 6.07) is 15.8. The number of carbonyl (C=O) groups excluding carboxylic acids is 1. The van der Waals surface area contributed by atoms with Crippen molar-refractivity contribution in [1.29, 1.82) is 0 Å². The lowest BCUT2D eigenvalue weighted by Crippen LogP contribution is -2.20. The summed E-state index contributed by atoms with van der Waals surface area (Å²) in [6.07, 6.45) is 1.89. The van der Waals surface area contributed by atoms with Gasteiger partial charge in [-0.05, 0) is 66.9 Å². The number of nitrogens with one attached hydrogen (secondary N) is 1. The largest absolute Gasteiger partial charge is 0.321 e. The normalized spacial score (nSPS) is 15.4. The van der Waals surface area contributed by atoms with E-state index < -0.39 is 0 Å². The number of aromatic nitrogens is 5. The highest BCUT2D eigenvalue weighted by molar-refractivity contribution is 6.03. The van der Waals surface area contributed by atoms with Gasteiger partial charge in [0, 0.05) is 31.6 Å². The third kappa shape index (κ3) is 3.79. The van der Waals surface area contributed by atoms with E-state index in [1.165, 1.54) is 17.7 Å². The van der Waals surface area contributed by atoms with Crippen molar-refractivity contribution in [2.45, 2.75) is 32.2 Å². The van der Waals surface area contributed by atoms with Crippen molar-refractivity contribution in [3.05, 3.63) is 83.3 Å². The smallest absolute Gasteiger partial charge is 0.276 e. The summed E-state index contributed by atoms with van der Waals surface area (Å²) in [5, 5.41) is 15.7. The van der Waals surface area contributed by atoms with Crippen LogP contribution >= 0.6 is 0 Å². The molecule has 0 radical (unpaired) electrons. The Hall–Kier alpha value is -3.81. The Morgan fingerprint density at radius 3 is 2.75 bits per heavy atom. The van der Waals surface area contributed by atoms with Crippen LogP contribution in [0, 0.1) is 12.7 Å². The van der Waals surface area contributed by atoms with Gasteiger partial charge in [-0.15, -0.1) is 10.2 Å². The summed E-state index contributed by atoms with van der Waals surface area (Å²) in [4.78, 5) is 12.9. The molecule has 0 bridgehead atoms. The maximum atomic E-state index is 13.2. The van der Waals surface area contributed by atoms with Gasteiger partial charge in [-0.1, -0.05) is 12.1 Å². The number of hydrogen-bond acceptors (Lipinski definition) is 4. The molecule has 32 heavy (non-hydrogen) atoms. The molecule has 0 saturated carbocycles. The van der Waals surface area contributed by atoms with Gasteiger partial charge in [0.05, 0.1) is 5.69 Å². The van der Waals surface area contributed by atoms with E-state index >= 15 is 0 Å². The minimum absolute atomic E-state index is 0.285. The lowest BCUT2D eigenvalue weighted by molar-refractivity contribution is 0.102. The molecular formula is C24H23FN6O. The standard InChI is InChI=1S/C24H23FN6O/c1-15-27-28-23-11-8-18(14-31(15)23)17-4-3-5-20(12-17)26-24(32)21-13-22(30(2)29-21)16-6-9-19(25)10-7-16/h3-7,9-10,12-13,18H,8,11,14H2,1-2H3,(H,26,32)/t18-/m1/s1. The predicted molar refractivity (Wildman–Crippen MR) is 119 cm³/mol. The number of fused-ring (bicyclic) bond motifs is 1. The molecule has 1 amide bonds. The Morgan fingerprint density at radius 1 is 1.12 bits per heavy atom. The SMILES string of the molecule is Cc1nnc2n1C[C@H](c1cccc(NC(=O)c3cc(-c4ccc(F)cc4)n(C)n3)c1)CC2. The molecule has 0 aliphatic carbocycles. The maximum Gasteiger partial charge on any atom is 0.276 e. The summed E-state index contributed by atoms with van der Waals surface area (Å²) in [5.74, 6) is 1.72. The molecule has 0 saturated heterocycles.